The normalized spacial score (nSPS) is 24.1. The summed E-state index contributed by atoms with van der Waals surface area (Å²) in [5.74, 6) is 0. The number of anilines is 1. The Kier molecular flexibility index (Phi) is 3.68. The lowest BCUT2D eigenvalue weighted by atomic mass is 10.0. The van der Waals surface area contributed by atoms with Crippen LogP contribution in [0.5, 0.6) is 0 Å². The number of benzene rings is 1. The predicted octanol–water partition coefficient (Wildman–Crippen LogP) is 1.31. The second kappa shape index (κ2) is 5.08. The number of nitrogens with one attached hydrogen (secondary N) is 1. The lowest BCUT2D eigenvalue weighted by molar-refractivity contribution is 0.00800. The van der Waals surface area contributed by atoms with Crippen molar-refractivity contribution in [2.24, 2.45) is 0 Å². The molecule has 0 aliphatic carbocycles. The number of hydrogen-bond acceptors (Lipinski definition) is 4. The van der Waals surface area contributed by atoms with E-state index < -0.39 is 12.2 Å². The Hall–Kier alpha value is -1.39. The number of aliphatic hydroxyl groups excluding tert-OH is 2. The fourth-order valence-electron chi connectivity index (χ4n) is 2.38. The summed E-state index contributed by atoms with van der Waals surface area (Å²) >= 11 is 0. The van der Waals surface area contributed by atoms with Crippen LogP contribution in [0.3, 0.4) is 0 Å². The van der Waals surface area contributed by atoms with Gasteiger partial charge < -0.3 is 20.5 Å². The highest BCUT2D eigenvalue weighted by atomic mass is 16.3. The molecule has 0 amide bonds. The zero-order chi connectivity index (χ0) is 13.3. The van der Waals surface area contributed by atoms with Crippen LogP contribution >= 0.6 is 0 Å². The molecule has 0 aromatic heterocycles. The molecule has 4 nitrogen and oxygen atoms in total. The largest absolute Gasteiger partial charge is 0.390 e. The summed E-state index contributed by atoms with van der Waals surface area (Å²) in [7, 11) is 0. The highest BCUT2D eigenvalue weighted by Gasteiger charge is 2.26. The Morgan fingerprint density at radius 1 is 1.33 bits per heavy atom. The van der Waals surface area contributed by atoms with Crippen molar-refractivity contribution in [1.29, 1.82) is 5.41 Å². The summed E-state index contributed by atoms with van der Waals surface area (Å²) < 4.78 is 0. The summed E-state index contributed by atoms with van der Waals surface area (Å²) in [4.78, 5) is 2.09. The van der Waals surface area contributed by atoms with Crippen molar-refractivity contribution in [3.63, 3.8) is 0 Å². The van der Waals surface area contributed by atoms with Gasteiger partial charge in [-0.2, -0.15) is 0 Å². The van der Waals surface area contributed by atoms with Gasteiger partial charge >= 0.3 is 0 Å². The van der Waals surface area contributed by atoms with Gasteiger partial charge in [-0.3, -0.25) is 0 Å². The molecule has 2 rings (SSSR count). The van der Waals surface area contributed by atoms with E-state index in [1.807, 2.05) is 25.1 Å². The zero-order valence-electron chi connectivity index (χ0n) is 10.8. The number of nitrogens with zero attached hydrogens (tertiary/aromatic N) is 1. The van der Waals surface area contributed by atoms with Crippen LogP contribution in [0.25, 0.3) is 0 Å². The molecule has 0 bridgehead atoms. The van der Waals surface area contributed by atoms with E-state index in [4.69, 9.17) is 5.41 Å². The standard InChI is InChI=1S/C14H20N2O2/c1-9-7-11(10(2)15)3-4-12(9)16-6-5-13(17)14(18)8-16/h3-4,7,13-15,17-18H,5-6,8H2,1-2H3. The highest BCUT2D eigenvalue weighted by molar-refractivity contribution is 5.96. The van der Waals surface area contributed by atoms with E-state index >= 15 is 0 Å². The number of β-amino-alcohol motifs (C(OH)–C–C–N with tert-alkyl or cyclic N) is 1. The molecule has 1 aromatic carbocycles. The minimum atomic E-state index is -0.678. The van der Waals surface area contributed by atoms with Gasteiger partial charge in [-0.05, 0) is 43.5 Å². The highest BCUT2D eigenvalue weighted by Crippen LogP contribution is 2.25. The maximum Gasteiger partial charge on any atom is 0.0974 e. The SMILES string of the molecule is CC(=N)c1ccc(N2CCC(O)C(O)C2)c(C)c1. The van der Waals surface area contributed by atoms with Gasteiger partial charge in [0, 0.05) is 24.5 Å². The van der Waals surface area contributed by atoms with E-state index in [9.17, 15) is 10.2 Å². The van der Waals surface area contributed by atoms with Gasteiger partial charge in [0.2, 0.25) is 0 Å². The predicted molar refractivity (Wildman–Crippen MR) is 72.5 cm³/mol. The van der Waals surface area contributed by atoms with Crippen LogP contribution in [0, 0.1) is 12.3 Å². The molecule has 18 heavy (non-hydrogen) atoms. The summed E-state index contributed by atoms with van der Waals surface area (Å²) in [6, 6.07) is 5.92. The first-order chi connectivity index (χ1) is 8.49. The number of aliphatic hydroxyl groups is 2. The van der Waals surface area contributed by atoms with E-state index in [0.29, 0.717) is 18.7 Å². The Morgan fingerprint density at radius 3 is 2.61 bits per heavy atom. The van der Waals surface area contributed by atoms with E-state index in [1.54, 1.807) is 6.92 Å². The van der Waals surface area contributed by atoms with Gasteiger partial charge in [0.05, 0.1) is 12.2 Å². The van der Waals surface area contributed by atoms with Gasteiger partial charge in [-0.25, -0.2) is 0 Å². The molecule has 1 fully saturated rings. The molecular formula is C14H20N2O2. The fourth-order valence-corrected chi connectivity index (χ4v) is 2.38. The molecule has 0 spiro atoms. The van der Waals surface area contributed by atoms with Crippen LogP contribution in [0.15, 0.2) is 18.2 Å². The molecule has 98 valence electrons. The van der Waals surface area contributed by atoms with Gasteiger partial charge in [0.25, 0.3) is 0 Å². The third kappa shape index (κ3) is 2.54. The van der Waals surface area contributed by atoms with E-state index in [2.05, 4.69) is 4.90 Å². The van der Waals surface area contributed by atoms with Gasteiger partial charge in [-0.1, -0.05) is 6.07 Å². The molecule has 0 radical (unpaired) electrons. The molecule has 1 saturated heterocycles. The average molecular weight is 248 g/mol. The van der Waals surface area contributed by atoms with Crippen LogP contribution in [0.1, 0.15) is 24.5 Å². The lowest BCUT2D eigenvalue weighted by Gasteiger charge is -2.35. The van der Waals surface area contributed by atoms with Gasteiger partial charge in [0.15, 0.2) is 0 Å². The van der Waals surface area contributed by atoms with Crippen LogP contribution in [-0.4, -0.2) is 41.2 Å². The van der Waals surface area contributed by atoms with Crippen LogP contribution in [0.4, 0.5) is 5.69 Å². The molecule has 3 N–H and O–H groups in total. The Bertz CT molecular complexity index is 459. The first-order valence-corrected chi connectivity index (χ1v) is 6.26. The Morgan fingerprint density at radius 2 is 2.06 bits per heavy atom. The first-order valence-electron chi connectivity index (χ1n) is 6.26. The van der Waals surface area contributed by atoms with E-state index in [-0.39, 0.29) is 0 Å². The number of aryl methyl sites for hydroxylation is 1. The molecule has 1 aliphatic rings. The van der Waals surface area contributed by atoms with Crippen molar-refractivity contribution < 1.29 is 10.2 Å². The second-order valence-corrected chi connectivity index (χ2v) is 5.00. The average Bonchev–Trinajstić information content (AvgIpc) is 2.32. The molecular weight excluding hydrogens is 228 g/mol. The van der Waals surface area contributed by atoms with Crippen LogP contribution < -0.4 is 4.90 Å². The Labute approximate surface area is 107 Å². The van der Waals surface area contributed by atoms with Crippen molar-refractivity contribution in [2.45, 2.75) is 32.5 Å². The zero-order valence-corrected chi connectivity index (χ0v) is 10.8. The smallest absolute Gasteiger partial charge is 0.0974 e. The maximum absolute atomic E-state index is 9.72. The fraction of sp³-hybridized carbons (Fsp3) is 0.500. The molecule has 1 aliphatic heterocycles. The molecule has 2 atom stereocenters. The Balaban J connectivity index is 2.21. The molecule has 1 aromatic rings. The van der Waals surface area contributed by atoms with Crippen molar-refractivity contribution in [2.75, 3.05) is 18.0 Å². The summed E-state index contributed by atoms with van der Waals surface area (Å²) in [6.07, 6.45) is -0.696. The molecule has 1 heterocycles. The first kappa shape index (κ1) is 13.1. The van der Waals surface area contributed by atoms with Crippen molar-refractivity contribution >= 4 is 11.4 Å². The van der Waals surface area contributed by atoms with E-state index in [1.165, 1.54) is 0 Å². The number of rotatable bonds is 2. The van der Waals surface area contributed by atoms with Crippen LogP contribution in [0.2, 0.25) is 0 Å². The van der Waals surface area contributed by atoms with Crippen molar-refractivity contribution in [3.8, 4) is 0 Å². The topological polar surface area (TPSA) is 67.6 Å². The van der Waals surface area contributed by atoms with Crippen molar-refractivity contribution in [1.82, 2.24) is 0 Å². The third-order valence-corrected chi connectivity index (χ3v) is 3.52. The maximum atomic E-state index is 9.72. The molecule has 4 heteroatoms. The second-order valence-electron chi connectivity index (χ2n) is 5.00. The molecule has 0 saturated carbocycles. The van der Waals surface area contributed by atoms with Crippen LogP contribution in [-0.2, 0) is 0 Å². The summed E-state index contributed by atoms with van der Waals surface area (Å²) in [6.45, 7) is 5.00. The lowest BCUT2D eigenvalue weighted by Crippen LogP contribution is -2.46. The van der Waals surface area contributed by atoms with E-state index in [0.717, 1.165) is 23.4 Å². The third-order valence-electron chi connectivity index (χ3n) is 3.52. The number of piperidine rings is 1. The summed E-state index contributed by atoms with van der Waals surface area (Å²) in [5.41, 5.74) is 3.65. The number of hydrogen-bond donors (Lipinski definition) is 3. The van der Waals surface area contributed by atoms with Crippen molar-refractivity contribution in [3.05, 3.63) is 29.3 Å². The van der Waals surface area contributed by atoms with Gasteiger partial charge in [-0.15, -0.1) is 0 Å². The monoisotopic (exact) mass is 248 g/mol. The molecule has 2 unspecified atom stereocenters. The van der Waals surface area contributed by atoms with Gasteiger partial charge in [0.1, 0.15) is 0 Å². The quantitative estimate of drug-likeness (QED) is 0.691. The minimum absolute atomic E-state index is 0.463. The summed E-state index contributed by atoms with van der Waals surface area (Å²) in [5, 5.41) is 26.9. The minimum Gasteiger partial charge on any atom is -0.390 e.